The summed E-state index contributed by atoms with van der Waals surface area (Å²) in [6.45, 7) is 1.98. The molecule has 0 radical (unpaired) electrons. The highest BCUT2D eigenvalue weighted by Gasteiger charge is 2.54. The first-order chi connectivity index (χ1) is 10.6. The second kappa shape index (κ2) is 5.61. The van der Waals surface area contributed by atoms with Crippen molar-refractivity contribution in [3.05, 3.63) is 29.8 Å². The van der Waals surface area contributed by atoms with Crippen LogP contribution in [0.3, 0.4) is 0 Å². The third kappa shape index (κ3) is 2.14. The van der Waals surface area contributed by atoms with Gasteiger partial charge < -0.3 is 19.9 Å². The molecule has 0 bridgehead atoms. The number of benzene rings is 1. The van der Waals surface area contributed by atoms with Crippen LogP contribution in [0, 0.1) is 0 Å². The minimum atomic E-state index is -0.579. The van der Waals surface area contributed by atoms with Gasteiger partial charge in [-0.3, -0.25) is 4.79 Å². The number of ether oxygens (including phenoxy) is 1. The number of carbonyl (C=O) groups is 2. The van der Waals surface area contributed by atoms with E-state index in [0.29, 0.717) is 32.7 Å². The number of fused-ring (bicyclic) bond motifs is 2. The Balaban J connectivity index is 1.79. The number of nitrogens with zero attached hydrogens (tertiary/aromatic N) is 2. The van der Waals surface area contributed by atoms with Gasteiger partial charge in [-0.2, -0.15) is 0 Å². The molecule has 22 heavy (non-hydrogen) atoms. The first kappa shape index (κ1) is 14.8. The maximum Gasteiger partial charge on any atom is 0.317 e. The molecule has 6 heteroatoms. The van der Waals surface area contributed by atoms with Crippen molar-refractivity contribution in [1.29, 1.82) is 0 Å². The van der Waals surface area contributed by atoms with Gasteiger partial charge in [0.05, 0.1) is 12.0 Å². The summed E-state index contributed by atoms with van der Waals surface area (Å²) in [4.78, 5) is 28.4. The minimum Gasteiger partial charge on any atom is -0.383 e. The summed E-state index contributed by atoms with van der Waals surface area (Å²) in [5, 5.41) is 2.82. The van der Waals surface area contributed by atoms with E-state index in [4.69, 9.17) is 4.74 Å². The fourth-order valence-electron chi connectivity index (χ4n) is 3.47. The Bertz CT molecular complexity index is 604. The molecule has 3 amide bonds. The Morgan fingerprint density at radius 3 is 2.95 bits per heavy atom. The van der Waals surface area contributed by atoms with Gasteiger partial charge in [0, 0.05) is 39.5 Å². The Hall–Kier alpha value is -2.08. The normalized spacial score (nSPS) is 23.3. The predicted molar refractivity (Wildman–Crippen MR) is 83.0 cm³/mol. The van der Waals surface area contributed by atoms with Crippen LogP contribution in [0.4, 0.5) is 10.5 Å². The van der Waals surface area contributed by atoms with E-state index in [1.807, 2.05) is 24.3 Å². The van der Waals surface area contributed by atoms with Crippen molar-refractivity contribution in [2.24, 2.45) is 0 Å². The van der Waals surface area contributed by atoms with Crippen molar-refractivity contribution < 1.29 is 14.3 Å². The SMILES string of the molecule is COCCNC(=O)N1CCC2(C1)C(=O)N(C)c1ccccc12. The molecule has 2 aliphatic heterocycles. The summed E-state index contributed by atoms with van der Waals surface area (Å²) >= 11 is 0. The second-order valence-electron chi connectivity index (χ2n) is 5.86. The molecular formula is C16H21N3O3. The molecule has 2 heterocycles. The summed E-state index contributed by atoms with van der Waals surface area (Å²) < 4.78 is 4.93. The third-order valence-electron chi connectivity index (χ3n) is 4.63. The van der Waals surface area contributed by atoms with Gasteiger partial charge in [0.25, 0.3) is 0 Å². The van der Waals surface area contributed by atoms with Crippen molar-refractivity contribution in [3.8, 4) is 0 Å². The Kier molecular flexibility index (Phi) is 3.78. The molecule has 0 aromatic heterocycles. The number of urea groups is 1. The molecule has 0 aliphatic carbocycles. The van der Waals surface area contributed by atoms with E-state index in [1.54, 1.807) is 24.0 Å². The predicted octanol–water partition coefficient (Wildman–Crippen LogP) is 0.962. The molecule has 1 N–H and O–H groups in total. The minimum absolute atomic E-state index is 0.0842. The highest BCUT2D eigenvalue weighted by molar-refractivity contribution is 6.08. The summed E-state index contributed by atoms with van der Waals surface area (Å²) in [7, 11) is 3.40. The maximum absolute atomic E-state index is 12.8. The van der Waals surface area contributed by atoms with Gasteiger partial charge in [0.15, 0.2) is 0 Å². The molecule has 1 aromatic rings. The maximum atomic E-state index is 12.8. The highest BCUT2D eigenvalue weighted by Crippen LogP contribution is 2.46. The largest absolute Gasteiger partial charge is 0.383 e. The van der Waals surface area contributed by atoms with Crippen LogP contribution >= 0.6 is 0 Å². The number of likely N-dealkylation sites (N-methyl/N-ethyl adjacent to an activating group) is 1. The smallest absolute Gasteiger partial charge is 0.317 e. The average molecular weight is 303 g/mol. The van der Waals surface area contributed by atoms with Gasteiger partial charge in [-0.1, -0.05) is 18.2 Å². The van der Waals surface area contributed by atoms with Gasteiger partial charge in [0.1, 0.15) is 0 Å². The van der Waals surface area contributed by atoms with Gasteiger partial charge in [-0.05, 0) is 18.1 Å². The number of nitrogens with one attached hydrogen (secondary N) is 1. The molecule has 0 saturated carbocycles. The van der Waals surface area contributed by atoms with E-state index in [0.717, 1.165) is 11.3 Å². The number of amides is 3. The lowest BCUT2D eigenvalue weighted by Gasteiger charge is -2.23. The van der Waals surface area contributed by atoms with Crippen molar-refractivity contribution >= 4 is 17.6 Å². The van der Waals surface area contributed by atoms with E-state index in [-0.39, 0.29) is 11.9 Å². The summed E-state index contributed by atoms with van der Waals surface area (Å²) in [6, 6.07) is 7.72. The Morgan fingerprint density at radius 2 is 2.18 bits per heavy atom. The fraction of sp³-hybridized carbons (Fsp3) is 0.500. The number of para-hydroxylation sites is 1. The first-order valence-electron chi connectivity index (χ1n) is 7.49. The van der Waals surface area contributed by atoms with Crippen LogP contribution in [0.5, 0.6) is 0 Å². The van der Waals surface area contributed by atoms with E-state index < -0.39 is 5.41 Å². The molecule has 1 spiro atoms. The quantitative estimate of drug-likeness (QED) is 0.846. The van der Waals surface area contributed by atoms with Crippen LogP contribution in [0.1, 0.15) is 12.0 Å². The molecule has 1 fully saturated rings. The topological polar surface area (TPSA) is 61.9 Å². The van der Waals surface area contributed by atoms with Gasteiger partial charge in [0.2, 0.25) is 5.91 Å². The van der Waals surface area contributed by atoms with E-state index >= 15 is 0 Å². The van der Waals surface area contributed by atoms with Gasteiger partial charge in [-0.25, -0.2) is 4.79 Å². The van der Waals surface area contributed by atoms with Crippen LogP contribution in [-0.4, -0.2) is 57.2 Å². The monoisotopic (exact) mass is 303 g/mol. The number of likely N-dealkylation sites (tertiary alicyclic amines) is 1. The van der Waals surface area contributed by atoms with E-state index in [1.165, 1.54) is 0 Å². The van der Waals surface area contributed by atoms with Crippen molar-refractivity contribution in [3.63, 3.8) is 0 Å². The van der Waals surface area contributed by atoms with Crippen LogP contribution in [-0.2, 0) is 14.9 Å². The number of rotatable bonds is 3. The molecule has 6 nitrogen and oxygen atoms in total. The zero-order valence-corrected chi connectivity index (χ0v) is 13.0. The van der Waals surface area contributed by atoms with Crippen LogP contribution < -0.4 is 10.2 Å². The standard InChI is InChI=1S/C16H21N3O3/c1-18-13-6-4-3-5-12(13)16(14(18)20)7-9-19(11-16)15(21)17-8-10-22-2/h3-6H,7-11H2,1-2H3,(H,17,21). The average Bonchev–Trinajstić information content (AvgIpc) is 3.07. The molecule has 1 unspecified atom stereocenters. The summed E-state index contributed by atoms with van der Waals surface area (Å²) in [5.74, 6) is 0.0842. The number of anilines is 1. The number of methoxy groups -OCH3 is 1. The van der Waals surface area contributed by atoms with Crippen LogP contribution in [0.15, 0.2) is 24.3 Å². The molecule has 118 valence electrons. The first-order valence-corrected chi connectivity index (χ1v) is 7.49. The molecule has 3 rings (SSSR count). The molecule has 1 atom stereocenters. The number of hydrogen-bond acceptors (Lipinski definition) is 3. The van der Waals surface area contributed by atoms with Crippen molar-refractivity contribution in [1.82, 2.24) is 10.2 Å². The van der Waals surface area contributed by atoms with Crippen molar-refractivity contribution in [2.75, 3.05) is 45.3 Å². The number of hydrogen-bond donors (Lipinski definition) is 1. The Morgan fingerprint density at radius 1 is 1.41 bits per heavy atom. The molecular weight excluding hydrogens is 282 g/mol. The van der Waals surface area contributed by atoms with Crippen molar-refractivity contribution in [2.45, 2.75) is 11.8 Å². The summed E-state index contributed by atoms with van der Waals surface area (Å²) in [6.07, 6.45) is 0.672. The lowest BCUT2D eigenvalue weighted by atomic mass is 9.81. The van der Waals surface area contributed by atoms with Crippen LogP contribution in [0.25, 0.3) is 0 Å². The second-order valence-corrected chi connectivity index (χ2v) is 5.86. The molecule has 1 aromatic carbocycles. The molecule has 1 saturated heterocycles. The molecule has 2 aliphatic rings. The van der Waals surface area contributed by atoms with Gasteiger partial charge >= 0.3 is 6.03 Å². The fourth-order valence-corrected chi connectivity index (χ4v) is 3.47. The number of carbonyl (C=O) groups excluding carboxylic acids is 2. The third-order valence-corrected chi connectivity index (χ3v) is 4.63. The van der Waals surface area contributed by atoms with E-state index in [9.17, 15) is 9.59 Å². The zero-order valence-electron chi connectivity index (χ0n) is 13.0. The van der Waals surface area contributed by atoms with Crippen LogP contribution in [0.2, 0.25) is 0 Å². The lowest BCUT2D eigenvalue weighted by molar-refractivity contribution is -0.122. The lowest BCUT2D eigenvalue weighted by Crippen LogP contribution is -2.45. The van der Waals surface area contributed by atoms with E-state index in [2.05, 4.69) is 5.32 Å². The highest BCUT2D eigenvalue weighted by atomic mass is 16.5. The van der Waals surface area contributed by atoms with Gasteiger partial charge in [-0.15, -0.1) is 0 Å². The zero-order chi connectivity index (χ0) is 15.7. The summed E-state index contributed by atoms with van der Waals surface area (Å²) in [5.41, 5.74) is 1.41. The Labute approximate surface area is 130 Å².